The highest BCUT2D eigenvalue weighted by Crippen LogP contribution is 2.33. The minimum Gasteiger partial charge on any atom is -0.306 e. The van der Waals surface area contributed by atoms with Gasteiger partial charge in [-0.05, 0) is 56.6 Å². The van der Waals surface area contributed by atoms with Gasteiger partial charge in [-0.1, -0.05) is 20.8 Å². The molecule has 2 rings (SSSR count). The van der Waals surface area contributed by atoms with Gasteiger partial charge in [-0.15, -0.1) is 11.3 Å². The minimum absolute atomic E-state index is 0.325. The Kier molecular flexibility index (Phi) is 4.18. The molecule has 0 saturated carbocycles. The molecular formula is C16H27NS. The van der Waals surface area contributed by atoms with Gasteiger partial charge in [0.15, 0.2) is 0 Å². The lowest BCUT2D eigenvalue weighted by molar-refractivity contribution is 0.269. The number of hydrogen-bond donors (Lipinski definition) is 1. The third kappa shape index (κ3) is 3.16. The van der Waals surface area contributed by atoms with Crippen molar-refractivity contribution >= 4 is 11.3 Å². The summed E-state index contributed by atoms with van der Waals surface area (Å²) in [5.74, 6) is 0. The highest BCUT2D eigenvalue weighted by molar-refractivity contribution is 7.12. The molecule has 1 N–H and O–H groups in total. The number of aryl methyl sites for hydroxylation is 2. The summed E-state index contributed by atoms with van der Waals surface area (Å²) < 4.78 is 0. The highest BCUT2D eigenvalue weighted by atomic mass is 32.1. The monoisotopic (exact) mass is 265 g/mol. The minimum atomic E-state index is 0.325. The predicted octanol–water partition coefficient (Wildman–Crippen LogP) is 4.71. The standard InChI is InChI=1S/C16H27NS/c1-11(17-12(2)16(3,4)5)15-10-13-8-6-7-9-14(13)18-15/h10-12,17H,6-9H2,1-5H3. The van der Waals surface area contributed by atoms with E-state index in [1.54, 1.807) is 10.4 Å². The van der Waals surface area contributed by atoms with E-state index >= 15 is 0 Å². The van der Waals surface area contributed by atoms with E-state index in [4.69, 9.17) is 0 Å². The van der Waals surface area contributed by atoms with Gasteiger partial charge in [0.05, 0.1) is 0 Å². The van der Waals surface area contributed by atoms with Crippen LogP contribution in [-0.2, 0) is 12.8 Å². The third-order valence-corrected chi connectivity index (χ3v) is 5.66. The summed E-state index contributed by atoms with van der Waals surface area (Å²) in [7, 11) is 0. The Labute approximate surface area is 116 Å². The van der Waals surface area contributed by atoms with Gasteiger partial charge in [-0.25, -0.2) is 0 Å². The van der Waals surface area contributed by atoms with Crippen LogP contribution >= 0.6 is 11.3 Å². The molecule has 1 nitrogen and oxygen atoms in total. The van der Waals surface area contributed by atoms with E-state index in [2.05, 4.69) is 46.0 Å². The Morgan fingerprint density at radius 2 is 1.83 bits per heavy atom. The van der Waals surface area contributed by atoms with Crippen LogP contribution in [0, 0.1) is 5.41 Å². The summed E-state index contributed by atoms with van der Waals surface area (Å²) >= 11 is 2.03. The van der Waals surface area contributed by atoms with Crippen molar-refractivity contribution < 1.29 is 0 Å². The smallest absolute Gasteiger partial charge is 0.0388 e. The molecule has 2 atom stereocenters. The normalized spacial score (nSPS) is 19.4. The average Bonchev–Trinajstić information content (AvgIpc) is 2.71. The maximum atomic E-state index is 3.76. The van der Waals surface area contributed by atoms with Crippen molar-refractivity contribution in [2.24, 2.45) is 5.41 Å². The molecule has 1 heterocycles. The summed E-state index contributed by atoms with van der Waals surface area (Å²) in [6.07, 6.45) is 5.37. The molecule has 0 bridgehead atoms. The van der Waals surface area contributed by atoms with Gasteiger partial charge >= 0.3 is 0 Å². The molecule has 0 amide bonds. The predicted molar refractivity (Wildman–Crippen MR) is 81.4 cm³/mol. The van der Waals surface area contributed by atoms with Crippen LogP contribution in [0.2, 0.25) is 0 Å². The van der Waals surface area contributed by atoms with E-state index in [-0.39, 0.29) is 0 Å². The van der Waals surface area contributed by atoms with Gasteiger partial charge < -0.3 is 5.32 Å². The van der Waals surface area contributed by atoms with E-state index in [0.29, 0.717) is 17.5 Å². The van der Waals surface area contributed by atoms with Crippen molar-refractivity contribution in [1.82, 2.24) is 5.32 Å². The molecule has 0 radical (unpaired) electrons. The summed E-state index contributed by atoms with van der Waals surface area (Å²) in [5.41, 5.74) is 1.95. The lowest BCUT2D eigenvalue weighted by Gasteiger charge is -2.30. The van der Waals surface area contributed by atoms with Crippen molar-refractivity contribution in [2.45, 2.75) is 72.4 Å². The fraction of sp³-hybridized carbons (Fsp3) is 0.750. The first-order chi connectivity index (χ1) is 8.38. The summed E-state index contributed by atoms with van der Waals surface area (Å²) in [6.45, 7) is 11.5. The van der Waals surface area contributed by atoms with Gasteiger partial charge in [-0.2, -0.15) is 0 Å². The fourth-order valence-electron chi connectivity index (χ4n) is 2.43. The lowest BCUT2D eigenvalue weighted by Crippen LogP contribution is -2.38. The first-order valence-electron chi connectivity index (χ1n) is 7.25. The van der Waals surface area contributed by atoms with Gasteiger partial charge in [0.25, 0.3) is 0 Å². The first kappa shape index (κ1) is 14.1. The Bertz CT molecular complexity index is 376. The molecule has 0 aliphatic heterocycles. The van der Waals surface area contributed by atoms with Gasteiger partial charge in [0.2, 0.25) is 0 Å². The maximum Gasteiger partial charge on any atom is 0.0388 e. The summed E-state index contributed by atoms with van der Waals surface area (Å²) in [4.78, 5) is 3.17. The summed E-state index contributed by atoms with van der Waals surface area (Å²) in [5, 5.41) is 3.76. The number of fused-ring (bicyclic) bond motifs is 1. The maximum absolute atomic E-state index is 3.76. The van der Waals surface area contributed by atoms with Crippen molar-refractivity contribution in [1.29, 1.82) is 0 Å². The van der Waals surface area contributed by atoms with Crippen LogP contribution in [0.5, 0.6) is 0 Å². The molecule has 0 fully saturated rings. The zero-order chi connectivity index (χ0) is 13.3. The zero-order valence-electron chi connectivity index (χ0n) is 12.5. The number of thiophene rings is 1. The van der Waals surface area contributed by atoms with Crippen molar-refractivity contribution in [3.05, 3.63) is 21.4 Å². The second kappa shape index (κ2) is 5.34. The number of hydrogen-bond acceptors (Lipinski definition) is 2. The third-order valence-electron chi connectivity index (χ3n) is 4.24. The Morgan fingerprint density at radius 3 is 2.44 bits per heavy atom. The Hall–Kier alpha value is -0.340. The van der Waals surface area contributed by atoms with Crippen LogP contribution in [0.3, 0.4) is 0 Å². The van der Waals surface area contributed by atoms with Gasteiger partial charge in [-0.3, -0.25) is 0 Å². The van der Waals surface area contributed by atoms with Crippen molar-refractivity contribution in [2.75, 3.05) is 0 Å². The quantitative estimate of drug-likeness (QED) is 0.834. The van der Waals surface area contributed by atoms with Crippen LogP contribution in [0.1, 0.15) is 68.8 Å². The van der Waals surface area contributed by atoms with E-state index in [1.165, 1.54) is 30.6 Å². The first-order valence-corrected chi connectivity index (χ1v) is 8.07. The molecule has 1 aliphatic rings. The molecule has 2 unspecified atom stereocenters. The van der Waals surface area contributed by atoms with Gasteiger partial charge in [0.1, 0.15) is 0 Å². The molecule has 0 spiro atoms. The largest absolute Gasteiger partial charge is 0.306 e. The number of rotatable bonds is 3. The molecule has 102 valence electrons. The molecule has 2 heteroatoms. The van der Waals surface area contributed by atoms with Crippen molar-refractivity contribution in [3.8, 4) is 0 Å². The Morgan fingerprint density at radius 1 is 1.17 bits per heavy atom. The van der Waals surface area contributed by atoms with Crippen LogP contribution in [0.4, 0.5) is 0 Å². The van der Waals surface area contributed by atoms with Gasteiger partial charge in [0, 0.05) is 21.8 Å². The molecule has 1 aliphatic carbocycles. The topological polar surface area (TPSA) is 12.0 Å². The van der Waals surface area contributed by atoms with E-state index in [9.17, 15) is 0 Å². The van der Waals surface area contributed by atoms with E-state index in [1.807, 2.05) is 11.3 Å². The summed E-state index contributed by atoms with van der Waals surface area (Å²) in [6, 6.07) is 3.47. The van der Waals surface area contributed by atoms with Crippen LogP contribution < -0.4 is 5.32 Å². The molecule has 1 aromatic heterocycles. The highest BCUT2D eigenvalue weighted by Gasteiger charge is 2.23. The van der Waals surface area contributed by atoms with Crippen LogP contribution in [0.15, 0.2) is 6.07 Å². The molecule has 1 aromatic rings. The second-order valence-electron chi connectivity index (χ2n) is 6.78. The number of nitrogens with one attached hydrogen (secondary N) is 1. The molecular weight excluding hydrogens is 238 g/mol. The SMILES string of the molecule is CC(NC(C)C(C)(C)C)c1cc2c(s1)CCCC2. The Balaban J connectivity index is 2.05. The van der Waals surface area contributed by atoms with E-state index < -0.39 is 0 Å². The lowest BCUT2D eigenvalue weighted by atomic mass is 9.87. The fourth-order valence-corrected chi connectivity index (χ4v) is 3.70. The zero-order valence-corrected chi connectivity index (χ0v) is 13.3. The van der Waals surface area contributed by atoms with Crippen LogP contribution in [-0.4, -0.2) is 6.04 Å². The molecule has 0 saturated heterocycles. The van der Waals surface area contributed by atoms with Crippen LogP contribution in [0.25, 0.3) is 0 Å². The van der Waals surface area contributed by atoms with E-state index in [0.717, 1.165) is 0 Å². The molecule has 18 heavy (non-hydrogen) atoms. The average molecular weight is 265 g/mol. The second-order valence-corrected chi connectivity index (χ2v) is 7.95. The molecule has 0 aromatic carbocycles. The van der Waals surface area contributed by atoms with Crippen molar-refractivity contribution in [3.63, 3.8) is 0 Å².